The van der Waals surface area contributed by atoms with Crippen LogP contribution in [0.1, 0.15) is 18.1 Å². The molecule has 6 heteroatoms. The van der Waals surface area contributed by atoms with Crippen LogP contribution >= 0.6 is 11.3 Å². The van der Waals surface area contributed by atoms with Crippen molar-refractivity contribution in [1.29, 1.82) is 0 Å². The molecule has 2 aromatic heterocycles. The number of para-hydroxylation sites is 1. The van der Waals surface area contributed by atoms with Crippen LogP contribution in [0.2, 0.25) is 0 Å². The molecule has 0 N–H and O–H groups in total. The molecule has 30 heavy (non-hydrogen) atoms. The number of thiazole rings is 1. The van der Waals surface area contributed by atoms with Crippen molar-refractivity contribution in [3.05, 3.63) is 90.3 Å². The van der Waals surface area contributed by atoms with Crippen LogP contribution in [0.5, 0.6) is 5.75 Å². The summed E-state index contributed by atoms with van der Waals surface area (Å²) in [4.78, 5) is 23.8. The first-order valence-electron chi connectivity index (χ1n) is 9.70. The second-order valence-corrected chi connectivity index (χ2v) is 7.57. The zero-order valence-electron chi connectivity index (χ0n) is 16.6. The predicted molar refractivity (Wildman–Crippen MR) is 122 cm³/mol. The second kappa shape index (κ2) is 9.33. The van der Waals surface area contributed by atoms with E-state index in [2.05, 4.69) is 4.98 Å². The van der Waals surface area contributed by atoms with Crippen molar-refractivity contribution in [2.45, 2.75) is 13.5 Å². The molecule has 0 unspecified atom stereocenters. The minimum Gasteiger partial charge on any atom is -0.492 e. The van der Waals surface area contributed by atoms with Gasteiger partial charge in [0.05, 0.1) is 17.9 Å². The lowest BCUT2D eigenvalue weighted by atomic mass is 10.2. The fourth-order valence-electron chi connectivity index (χ4n) is 3.03. The van der Waals surface area contributed by atoms with E-state index in [9.17, 15) is 4.79 Å². The number of benzene rings is 2. The molecule has 2 aromatic carbocycles. The van der Waals surface area contributed by atoms with E-state index in [1.165, 1.54) is 11.3 Å². The highest BCUT2D eigenvalue weighted by Gasteiger charge is 2.20. The molecule has 4 aromatic rings. The van der Waals surface area contributed by atoms with E-state index < -0.39 is 0 Å². The predicted octanol–water partition coefficient (Wildman–Crippen LogP) is 5.34. The molecule has 0 spiro atoms. The lowest BCUT2D eigenvalue weighted by Crippen LogP contribution is -2.28. The summed E-state index contributed by atoms with van der Waals surface area (Å²) in [7, 11) is 0. The molecule has 5 nitrogen and oxygen atoms in total. The number of carbonyl (C=O) groups is 1. The number of fused-ring (bicyclic) bond motifs is 1. The summed E-state index contributed by atoms with van der Waals surface area (Å²) < 4.78 is 6.69. The highest BCUT2D eigenvalue weighted by Crippen LogP contribution is 2.35. The SMILES string of the molecule is CCOc1cccc2sc(N(Cc3cccnc3)C(=O)C=Cc3ccccc3)nc12. The molecule has 0 radical (unpaired) electrons. The third-order valence-electron chi connectivity index (χ3n) is 4.45. The highest BCUT2D eigenvalue weighted by atomic mass is 32.1. The topological polar surface area (TPSA) is 55.3 Å². The van der Waals surface area contributed by atoms with Crippen molar-refractivity contribution in [2.24, 2.45) is 0 Å². The monoisotopic (exact) mass is 415 g/mol. The molecule has 150 valence electrons. The number of nitrogens with zero attached hydrogens (tertiary/aromatic N) is 3. The normalized spacial score (nSPS) is 11.1. The molecule has 4 rings (SSSR count). The van der Waals surface area contributed by atoms with Gasteiger partial charge in [0.2, 0.25) is 0 Å². The van der Waals surface area contributed by atoms with Gasteiger partial charge in [-0.3, -0.25) is 14.7 Å². The van der Waals surface area contributed by atoms with Gasteiger partial charge in [-0.2, -0.15) is 0 Å². The quantitative estimate of drug-likeness (QED) is 0.383. The van der Waals surface area contributed by atoms with Gasteiger partial charge in [-0.05, 0) is 42.3 Å². The summed E-state index contributed by atoms with van der Waals surface area (Å²) in [5.41, 5.74) is 2.67. The van der Waals surface area contributed by atoms with Crippen LogP contribution in [-0.4, -0.2) is 22.5 Å². The van der Waals surface area contributed by atoms with E-state index in [-0.39, 0.29) is 5.91 Å². The van der Waals surface area contributed by atoms with Crippen LogP contribution in [0.15, 0.2) is 79.1 Å². The van der Waals surface area contributed by atoms with E-state index in [1.54, 1.807) is 23.4 Å². The summed E-state index contributed by atoms with van der Waals surface area (Å²) in [5, 5.41) is 0.628. The summed E-state index contributed by atoms with van der Waals surface area (Å²) in [6.07, 6.45) is 6.88. The molecule has 2 heterocycles. The highest BCUT2D eigenvalue weighted by molar-refractivity contribution is 7.22. The first kappa shape index (κ1) is 19.8. The molecule has 0 saturated heterocycles. The molecule has 0 aliphatic heterocycles. The van der Waals surface area contributed by atoms with Crippen molar-refractivity contribution in [1.82, 2.24) is 9.97 Å². The van der Waals surface area contributed by atoms with E-state index in [4.69, 9.17) is 9.72 Å². The molecule has 0 saturated carbocycles. The number of rotatable bonds is 7. The van der Waals surface area contributed by atoms with Crippen LogP contribution in [-0.2, 0) is 11.3 Å². The molecule has 1 amide bonds. The Labute approximate surface area is 179 Å². The zero-order chi connectivity index (χ0) is 20.8. The summed E-state index contributed by atoms with van der Waals surface area (Å²) in [5.74, 6) is 0.589. The van der Waals surface area contributed by atoms with Gasteiger partial charge in [-0.1, -0.05) is 53.8 Å². The Bertz CT molecular complexity index is 1160. The fourth-order valence-corrected chi connectivity index (χ4v) is 4.02. The van der Waals surface area contributed by atoms with E-state index in [1.807, 2.05) is 73.7 Å². The first-order chi connectivity index (χ1) is 14.7. The maximum Gasteiger partial charge on any atom is 0.253 e. The van der Waals surface area contributed by atoms with Gasteiger partial charge in [0, 0.05) is 18.5 Å². The summed E-state index contributed by atoms with van der Waals surface area (Å²) in [6.45, 7) is 2.89. The Kier molecular flexibility index (Phi) is 6.15. The number of pyridine rings is 1. The number of ether oxygens (including phenoxy) is 1. The lowest BCUT2D eigenvalue weighted by Gasteiger charge is -2.18. The van der Waals surface area contributed by atoms with Gasteiger partial charge in [0.15, 0.2) is 5.13 Å². The van der Waals surface area contributed by atoms with Gasteiger partial charge >= 0.3 is 0 Å². The maximum absolute atomic E-state index is 13.2. The molecule has 0 fully saturated rings. The molecule has 0 atom stereocenters. The van der Waals surface area contributed by atoms with E-state index in [0.717, 1.165) is 27.1 Å². The Hall–Kier alpha value is -3.51. The Balaban J connectivity index is 1.70. The molecular formula is C24H21N3O2S. The first-order valence-corrected chi connectivity index (χ1v) is 10.5. The van der Waals surface area contributed by atoms with E-state index in [0.29, 0.717) is 18.3 Å². The van der Waals surface area contributed by atoms with Gasteiger partial charge in [-0.25, -0.2) is 4.98 Å². The van der Waals surface area contributed by atoms with Crippen LogP contribution in [0.4, 0.5) is 5.13 Å². The van der Waals surface area contributed by atoms with Crippen molar-refractivity contribution < 1.29 is 9.53 Å². The van der Waals surface area contributed by atoms with Crippen molar-refractivity contribution >= 4 is 38.7 Å². The number of anilines is 1. The van der Waals surface area contributed by atoms with Gasteiger partial charge < -0.3 is 4.74 Å². The Morgan fingerprint density at radius 2 is 1.97 bits per heavy atom. The number of hydrogen-bond acceptors (Lipinski definition) is 5. The average molecular weight is 416 g/mol. The third-order valence-corrected chi connectivity index (χ3v) is 5.49. The van der Waals surface area contributed by atoms with Crippen LogP contribution in [0.25, 0.3) is 16.3 Å². The van der Waals surface area contributed by atoms with Gasteiger partial charge in [0.25, 0.3) is 5.91 Å². The number of carbonyl (C=O) groups excluding carboxylic acids is 1. The Morgan fingerprint density at radius 3 is 2.73 bits per heavy atom. The van der Waals surface area contributed by atoms with Crippen molar-refractivity contribution in [2.75, 3.05) is 11.5 Å². The van der Waals surface area contributed by atoms with Gasteiger partial charge in [-0.15, -0.1) is 0 Å². The number of aromatic nitrogens is 2. The van der Waals surface area contributed by atoms with Crippen molar-refractivity contribution in [3.63, 3.8) is 0 Å². The van der Waals surface area contributed by atoms with Crippen molar-refractivity contribution in [3.8, 4) is 5.75 Å². The molecule has 0 bridgehead atoms. The summed E-state index contributed by atoms with van der Waals surface area (Å²) in [6, 6.07) is 19.4. The van der Waals surface area contributed by atoms with E-state index >= 15 is 0 Å². The minimum atomic E-state index is -0.139. The zero-order valence-corrected chi connectivity index (χ0v) is 17.4. The molecule has 0 aliphatic carbocycles. The fraction of sp³-hybridized carbons (Fsp3) is 0.125. The number of hydrogen-bond donors (Lipinski definition) is 0. The standard InChI is InChI=1S/C24H21N3O2S/c1-2-29-20-11-6-12-21-23(20)26-24(30-21)27(17-19-10-7-15-25-16-19)22(28)14-13-18-8-4-3-5-9-18/h3-16H,2,17H2,1H3. The maximum atomic E-state index is 13.2. The smallest absolute Gasteiger partial charge is 0.253 e. The second-order valence-electron chi connectivity index (χ2n) is 6.56. The van der Waals surface area contributed by atoms with Crippen LogP contribution in [0.3, 0.4) is 0 Å². The molecular weight excluding hydrogens is 394 g/mol. The minimum absolute atomic E-state index is 0.139. The lowest BCUT2D eigenvalue weighted by molar-refractivity contribution is -0.114. The Morgan fingerprint density at radius 1 is 1.10 bits per heavy atom. The number of amides is 1. The largest absolute Gasteiger partial charge is 0.492 e. The average Bonchev–Trinajstić information content (AvgIpc) is 3.22. The third kappa shape index (κ3) is 4.55. The van der Waals surface area contributed by atoms with Crippen LogP contribution in [0, 0.1) is 0 Å². The summed E-state index contributed by atoms with van der Waals surface area (Å²) >= 11 is 1.47. The molecule has 0 aliphatic rings. The van der Waals surface area contributed by atoms with Gasteiger partial charge in [0.1, 0.15) is 11.3 Å². The van der Waals surface area contributed by atoms with Crippen LogP contribution < -0.4 is 9.64 Å².